The Morgan fingerprint density at radius 1 is 0.333 bits per heavy atom. The summed E-state index contributed by atoms with van der Waals surface area (Å²) in [6.45, 7) is 9.65. The molecule has 51 heavy (non-hydrogen) atoms. The average Bonchev–Trinajstić information content (AvgIpc) is 3.17. The van der Waals surface area contributed by atoms with Gasteiger partial charge in [-0.05, 0) is 108 Å². The molecular formula is C50H39N. The first-order valence-corrected chi connectivity index (χ1v) is 18.1. The van der Waals surface area contributed by atoms with Gasteiger partial charge in [-0.3, -0.25) is 0 Å². The topological polar surface area (TPSA) is 3.24 Å². The standard InChI is InChI=1S/C50H39N/c1-49(2)40-25-15-16-26-44(40)51-45-28-27-34(29-41(45)50(3,4)43-31-35(30-42(49)48(43)51)32-17-7-5-8-18-32)47-38-23-13-11-21-36(38)46(33-19-9-6-10-20-33)37-22-12-14-24-39(37)47/h5-31H,1-4H3. The molecule has 0 amide bonds. The van der Waals surface area contributed by atoms with Gasteiger partial charge in [-0.15, -0.1) is 0 Å². The van der Waals surface area contributed by atoms with Crippen LogP contribution >= 0.6 is 0 Å². The molecular weight excluding hydrogens is 615 g/mol. The summed E-state index contributed by atoms with van der Waals surface area (Å²) < 4.78 is 0. The summed E-state index contributed by atoms with van der Waals surface area (Å²) >= 11 is 0. The van der Waals surface area contributed by atoms with Crippen LogP contribution in [0, 0.1) is 0 Å². The molecule has 0 radical (unpaired) electrons. The summed E-state index contributed by atoms with van der Waals surface area (Å²) in [4.78, 5) is 2.57. The third-order valence-corrected chi connectivity index (χ3v) is 11.8. The zero-order valence-electron chi connectivity index (χ0n) is 29.5. The first-order chi connectivity index (χ1) is 24.8. The van der Waals surface area contributed by atoms with Gasteiger partial charge in [0.05, 0.1) is 17.1 Å². The number of anilines is 3. The minimum atomic E-state index is -0.255. The molecule has 0 saturated carbocycles. The van der Waals surface area contributed by atoms with Crippen LogP contribution in [0.15, 0.2) is 164 Å². The zero-order chi connectivity index (χ0) is 34.5. The van der Waals surface area contributed by atoms with Gasteiger partial charge >= 0.3 is 0 Å². The minimum Gasteiger partial charge on any atom is -0.309 e. The average molecular weight is 654 g/mol. The predicted octanol–water partition coefficient (Wildman–Crippen LogP) is 13.7. The van der Waals surface area contributed by atoms with Gasteiger partial charge in [-0.2, -0.15) is 0 Å². The van der Waals surface area contributed by atoms with Crippen molar-refractivity contribution in [3.05, 3.63) is 186 Å². The number of nitrogens with zero attached hydrogens (tertiary/aromatic N) is 1. The van der Waals surface area contributed by atoms with Crippen molar-refractivity contribution >= 4 is 38.6 Å². The van der Waals surface area contributed by atoms with Gasteiger partial charge in [0.25, 0.3) is 0 Å². The lowest BCUT2D eigenvalue weighted by Gasteiger charge is -2.50. The fourth-order valence-corrected chi connectivity index (χ4v) is 9.23. The summed E-state index contributed by atoms with van der Waals surface area (Å²) in [6.07, 6.45) is 0. The van der Waals surface area contributed by atoms with Crippen LogP contribution in [0.4, 0.5) is 17.1 Å². The second-order valence-corrected chi connectivity index (χ2v) is 15.3. The molecule has 1 heteroatoms. The van der Waals surface area contributed by atoms with Crippen LogP contribution in [0.1, 0.15) is 49.9 Å². The van der Waals surface area contributed by atoms with Crippen molar-refractivity contribution in [1.82, 2.24) is 0 Å². The second kappa shape index (κ2) is 10.8. The number of benzene rings is 8. The van der Waals surface area contributed by atoms with Crippen LogP contribution in [0.5, 0.6) is 0 Å². The van der Waals surface area contributed by atoms with Crippen LogP contribution in [0.2, 0.25) is 0 Å². The minimum absolute atomic E-state index is 0.159. The highest BCUT2D eigenvalue weighted by molar-refractivity contribution is 6.21. The molecule has 1 nitrogen and oxygen atoms in total. The zero-order valence-corrected chi connectivity index (χ0v) is 29.5. The van der Waals surface area contributed by atoms with E-state index >= 15 is 0 Å². The monoisotopic (exact) mass is 653 g/mol. The molecule has 0 aromatic heterocycles. The molecule has 2 aliphatic rings. The molecule has 0 unspecified atom stereocenters. The molecule has 0 atom stereocenters. The highest BCUT2D eigenvalue weighted by Crippen LogP contribution is 2.61. The van der Waals surface area contributed by atoms with Crippen molar-refractivity contribution in [2.24, 2.45) is 0 Å². The van der Waals surface area contributed by atoms with Gasteiger partial charge in [-0.25, -0.2) is 0 Å². The van der Waals surface area contributed by atoms with E-state index in [1.54, 1.807) is 0 Å². The van der Waals surface area contributed by atoms with E-state index in [4.69, 9.17) is 0 Å². The van der Waals surface area contributed by atoms with Crippen LogP contribution in [0.3, 0.4) is 0 Å². The first-order valence-electron chi connectivity index (χ1n) is 18.1. The third kappa shape index (κ3) is 4.22. The van der Waals surface area contributed by atoms with Crippen molar-refractivity contribution in [1.29, 1.82) is 0 Å². The Hall–Kier alpha value is -5.92. The maximum absolute atomic E-state index is 2.57. The number of para-hydroxylation sites is 1. The molecule has 10 rings (SSSR count). The maximum Gasteiger partial charge on any atom is 0.0544 e. The van der Waals surface area contributed by atoms with Crippen molar-refractivity contribution in [3.8, 4) is 33.4 Å². The third-order valence-electron chi connectivity index (χ3n) is 11.8. The second-order valence-electron chi connectivity index (χ2n) is 15.3. The fourth-order valence-electron chi connectivity index (χ4n) is 9.23. The quantitative estimate of drug-likeness (QED) is 0.172. The van der Waals surface area contributed by atoms with Crippen LogP contribution in [0.25, 0.3) is 54.9 Å². The lowest BCUT2D eigenvalue weighted by atomic mass is 9.65. The van der Waals surface area contributed by atoms with Gasteiger partial charge in [0.2, 0.25) is 0 Å². The first kappa shape index (κ1) is 29.9. The van der Waals surface area contributed by atoms with Crippen molar-refractivity contribution in [3.63, 3.8) is 0 Å². The van der Waals surface area contributed by atoms with Gasteiger partial charge in [0.1, 0.15) is 0 Å². The van der Waals surface area contributed by atoms with E-state index in [0.29, 0.717) is 0 Å². The smallest absolute Gasteiger partial charge is 0.0544 e. The molecule has 0 fully saturated rings. The highest BCUT2D eigenvalue weighted by Gasteiger charge is 2.45. The van der Waals surface area contributed by atoms with Crippen molar-refractivity contribution in [2.45, 2.75) is 38.5 Å². The van der Waals surface area contributed by atoms with E-state index in [-0.39, 0.29) is 10.8 Å². The Bertz CT molecular complexity index is 2620. The Morgan fingerprint density at radius 3 is 1.35 bits per heavy atom. The van der Waals surface area contributed by atoms with Gasteiger partial charge in [0, 0.05) is 10.8 Å². The van der Waals surface area contributed by atoms with E-state index < -0.39 is 0 Å². The van der Waals surface area contributed by atoms with E-state index in [1.807, 2.05) is 0 Å². The molecule has 2 aliphatic heterocycles. The Morgan fingerprint density at radius 2 is 0.765 bits per heavy atom. The molecule has 8 aromatic carbocycles. The predicted molar refractivity (Wildman–Crippen MR) is 217 cm³/mol. The number of rotatable bonds is 3. The maximum atomic E-state index is 2.57. The van der Waals surface area contributed by atoms with Gasteiger partial charge in [-0.1, -0.05) is 161 Å². The molecule has 8 aromatic rings. The Kier molecular flexibility index (Phi) is 6.34. The SMILES string of the molecule is CC1(C)c2ccccc2N2c3ccc(-c4c5ccccc5c(-c5ccccc5)c5ccccc45)cc3C(C)(C)c3cc(-c4ccccc4)cc1c32. The summed E-state index contributed by atoms with van der Waals surface area (Å²) in [7, 11) is 0. The fraction of sp³-hybridized carbons (Fsp3) is 0.120. The van der Waals surface area contributed by atoms with E-state index in [0.717, 1.165) is 0 Å². The number of fused-ring (bicyclic) bond motifs is 6. The van der Waals surface area contributed by atoms with Crippen molar-refractivity contribution in [2.75, 3.05) is 4.90 Å². The van der Waals surface area contributed by atoms with Crippen LogP contribution in [-0.2, 0) is 10.8 Å². The van der Waals surface area contributed by atoms with E-state index in [2.05, 4.69) is 196 Å². The Balaban J connectivity index is 1.27. The molecule has 0 bridgehead atoms. The largest absolute Gasteiger partial charge is 0.309 e. The Labute approximate surface area is 300 Å². The van der Waals surface area contributed by atoms with Gasteiger partial charge < -0.3 is 4.90 Å². The normalized spacial score (nSPS) is 14.9. The number of hydrogen-bond acceptors (Lipinski definition) is 1. The highest BCUT2D eigenvalue weighted by atomic mass is 15.2. The van der Waals surface area contributed by atoms with E-state index in [1.165, 1.54) is 94.2 Å². The molecule has 0 N–H and O–H groups in total. The van der Waals surface area contributed by atoms with Gasteiger partial charge in [0.15, 0.2) is 0 Å². The lowest BCUT2D eigenvalue weighted by molar-refractivity contribution is 0.598. The number of hydrogen-bond donors (Lipinski definition) is 0. The molecule has 0 spiro atoms. The summed E-state index contributed by atoms with van der Waals surface area (Å²) in [5.41, 5.74) is 16.6. The van der Waals surface area contributed by atoms with Crippen molar-refractivity contribution < 1.29 is 0 Å². The molecule has 0 saturated heterocycles. The molecule has 0 aliphatic carbocycles. The molecule has 244 valence electrons. The molecule has 2 heterocycles. The summed E-state index contributed by atoms with van der Waals surface area (Å²) in [6, 6.07) is 60.9. The van der Waals surface area contributed by atoms with Crippen LogP contribution < -0.4 is 4.90 Å². The summed E-state index contributed by atoms with van der Waals surface area (Å²) in [5, 5.41) is 5.12. The summed E-state index contributed by atoms with van der Waals surface area (Å²) in [5.74, 6) is 0. The van der Waals surface area contributed by atoms with E-state index in [9.17, 15) is 0 Å². The van der Waals surface area contributed by atoms with Crippen LogP contribution in [-0.4, -0.2) is 0 Å². The lowest BCUT2D eigenvalue weighted by Crippen LogP contribution is -2.38.